The van der Waals surface area contributed by atoms with Gasteiger partial charge in [-0.15, -0.1) is 0 Å². The Morgan fingerprint density at radius 3 is 2.37 bits per heavy atom. The van der Waals surface area contributed by atoms with Gasteiger partial charge in [-0.25, -0.2) is 0 Å². The lowest BCUT2D eigenvalue weighted by Crippen LogP contribution is -2.48. The molecule has 1 saturated heterocycles. The molecule has 1 aliphatic rings. The Bertz CT molecular complexity index is 397. The minimum atomic E-state index is -4.12. The lowest BCUT2D eigenvalue weighted by atomic mass is 10.2. The van der Waals surface area contributed by atoms with Gasteiger partial charge in [0, 0.05) is 38.3 Å². The maximum atomic E-state index is 12.3. The van der Waals surface area contributed by atoms with Crippen molar-refractivity contribution in [2.24, 2.45) is 5.73 Å². The summed E-state index contributed by atoms with van der Waals surface area (Å²) < 4.78 is 42.1. The zero-order chi connectivity index (χ0) is 13.9. The highest BCUT2D eigenvalue weighted by Crippen LogP contribution is 2.19. The SMILES string of the molecule is NCc1ccoc1CN1CCN(CC(F)(F)F)CC1. The second kappa shape index (κ2) is 5.94. The van der Waals surface area contributed by atoms with Gasteiger partial charge in [-0.05, 0) is 6.07 Å². The zero-order valence-corrected chi connectivity index (χ0v) is 10.6. The van der Waals surface area contributed by atoms with Crippen molar-refractivity contribution in [3.63, 3.8) is 0 Å². The van der Waals surface area contributed by atoms with Crippen molar-refractivity contribution in [1.29, 1.82) is 0 Å². The maximum absolute atomic E-state index is 12.3. The molecule has 2 heterocycles. The molecule has 0 atom stereocenters. The lowest BCUT2D eigenvalue weighted by molar-refractivity contribution is -0.149. The van der Waals surface area contributed by atoms with Gasteiger partial charge in [0.15, 0.2) is 0 Å². The standard InChI is InChI=1S/C12H18F3N3O/c13-12(14,15)9-18-4-2-17(3-5-18)8-11-10(7-16)1-6-19-11/h1,6H,2-5,7-9,16H2. The molecule has 1 aromatic heterocycles. The fourth-order valence-corrected chi connectivity index (χ4v) is 2.25. The van der Waals surface area contributed by atoms with E-state index in [1.807, 2.05) is 6.07 Å². The summed E-state index contributed by atoms with van der Waals surface area (Å²) in [7, 11) is 0. The average molecular weight is 277 g/mol. The molecule has 0 aliphatic carbocycles. The van der Waals surface area contributed by atoms with E-state index in [0.717, 1.165) is 11.3 Å². The number of alkyl halides is 3. The average Bonchev–Trinajstić information content (AvgIpc) is 2.77. The van der Waals surface area contributed by atoms with Gasteiger partial charge >= 0.3 is 6.18 Å². The molecule has 4 nitrogen and oxygen atoms in total. The van der Waals surface area contributed by atoms with Crippen LogP contribution in [0, 0.1) is 0 Å². The van der Waals surface area contributed by atoms with Gasteiger partial charge in [-0.1, -0.05) is 0 Å². The first kappa shape index (κ1) is 14.4. The molecule has 1 aromatic rings. The highest BCUT2D eigenvalue weighted by atomic mass is 19.4. The molecule has 0 bridgehead atoms. The summed E-state index contributed by atoms with van der Waals surface area (Å²) in [5.41, 5.74) is 6.54. The van der Waals surface area contributed by atoms with Gasteiger partial charge < -0.3 is 10.2 Å². The van der Waals surface area contributed by atoms with E-state index in [1.54, 1.807) is 6.26 Å². The summed E-state index contributed by atoms with van der Waals surface area (Å²) in [6.07, 6.45) is -2.52. The summed E-state index contributed by atoms with van der Waals surface area (Å²) in [5, 5.41) is 0. The Hall–Kier alpha value is -1.05. The smallest absolute Gasteiger partial charge is 0.401 e. The highest BCUT2D eigenvalue weighted by molar-refractivity contribution is 5.16. The van der Waals surface area contributed by atoms with Gasteiger partial charge in [0.25, 0.3) is 0 Å². The number of nitrogens with zero attached hydrogens (tertiary/aromatic N) is 2. The van der Waals surface area contributed by atoms with Crippen LogP contribution in [0.5, 0.6) is 0 Å². The highest BCUT2D eigenvalue weighted by Gasteiger charge is 2.32. The van der Waals surface area contributed by atoms with E-state index < -0.39 is 12.7 Å². The zero-order valence-electron chi connectivity index (χ0n) is 10.6. The number of hydrogen-bond acceptors (Lipinski definition) is 4. The molecule has 19 heavy (non-hydrogen) atoms. The lowest BCUT2D eigenvalue weighted by Gasteiger charge is -2.34. The predicted octanol–water partition coefficient (Wildman–Crippen LogP) is 1.42. The van der Waals surface area contributed by atoms with Crippen LogP contribution in [-0.4, -0.2) is 48.7 Å². The van der Waals surface area contributed by atoms with Gasteiger partial charge in [0.05, 0.1) is 19.4 Å². The summed E-state index contributed by atoms with van der Waals surface area (Å²) in [4.78, 5) is 3.52. The van der Waals surface area contributed by atoms with Crippen LogP contribution in [0.25, 0.3) is 0 Å². The Kier molecular flexibility index (Phi) is 4.49. The van der Waals surface area contributed by atoms with Crippen LogP contribution in [0.2, 0.25) is 0 Å². The number of piperazine rings is 1. The Balaban J connectivity index is 1.80. The van der Waals surface area contributed by atoms with E-state index in [2.05, 4.69) is 4.90 Å². The fraction of sp³-hybridized carbons (Fsp3) is 0.667. The number of furan rings is 1. The number of halogens is 3. The van der Waals surface area contributed by atoms with Crippen LogP contribution >= 0.6 is 0 Å². The van der Waals surface area contributed by atoms with Gasteiger partial charge in [-0.2, -0.15) is 13.2 Å². The van der Waals surface area contributed by atoms with Crippen LogP contribution in [0.1, 0.15) is 11.3 Å². The third-order valence-electron chi connectivity index (χ3n) is 3.29. The van der Waals surface area contributed by atoms with Gasteiger partial charge in [0.2, 0.25) is 0 Å². The second-order valence-electron chi connectivity index (χ2n) is 4.74. The van der Waals surface area contributed by atoms with Crippen molar-refractivity contribution in [3.05, 3.63) is 23.7 Å². The molecule has 0 amide bonds. The Morgan fingerprint density at radius 2 is 1.79 bits per heavy atom. The van der Waals surface area contributed by atoms with Gasteiger partial charge in [0.1, 0.15) is 5.76 Å². The largest absolute Gasteiger partial charge is 0.468 e. The van der Waals surface area contributed by atoms with E-state index in [4.69, 9.17) is 10.2 Å². The van der Waals surface area contributed by atoms with Crippen molar-refractivity contribution < 1.29 is 17.6 Å². The molecule has 1 fully saturated rings. The Labute approximate surface area is 109 Å². The summed E-state index contributed by atoms with van der Waals surface area (Å²) >= 11 is 0. The van der Waals surface area contributed by atoms with E-state index in [1.165, 1.54) is 4.90 Å². The molecular weight excluding hydrogens is 259 g/mol. The molecule has 7 heteroatoms. The molecule has 108 valence electrons. The molecule has 1 aliphatic heterocycles. The predicted molar refractivity (Wildman–Crippen MR) is 64.4 cm³/mol. The maximum Gasteiger partial charge on any atom is 0.401 e. The van der Waals surface area contributed by atoms with Crippen LogP contribution in [0.15, 0.2) is 16.7 Å². The minimum absolute atomic E-state index is 0.417. The van der Waals surface area contributed by atoms with E-state index in [-0.39, 0.29) is 0 Å². The van der Waals surface area contributed by atoms with Crippen molar-refractivity contribution in [2.45, 2.75) is 19.3 Å². The molecule has 0 spiro atoms. The number of nitrogens with two attached hydrogens (primary N) is 1. The third kappa shape index (κ3) is 4.22. The van der Waals surface area contributed by atoms with Crippen molar-refractivity contribution >= 4 is 0 Å². The van der Waals surface area contributed by atoms with Crippen LogP contribution < -0.4 is 5.73 Å². The van der Waals surface area contributed by atoms with Crippen molar-refractivity contribution in [2.75, 3.05) is 32.7 Å². The second-order valence-corrected chi connectivity index (χ2v) is 4.74. The minimum Gasteiger partial charge on any atom is -0.468 e. The topological polar surface area (TPSA) is 45.6 Å². The quantitative estimate of drug-likeness (QED) is 0.904. The molecule has 2 N–H and O–H groups in total. The number of hydrogen-bond donors (Lipinski definition) is 1. The summed E-state index contributed by atoms with van der Waals surface area (Å²) in [6.45, 7) is 2.28. The molecule has 0 radical (unpaired) electrons. The Morgan fingerprint density at radius 1 is 1.16 bits per heavy atom. The first-order valence-corrected chi connectivity index (χ1v) is 6.25. The van der Waals surface area contributed by atoms with Crippen molar-refractivity contribution in [3.8, 4) is 0 Å². The van der Waals surface area contributed by atoms with Crippen LogP contribution in [0.3, 0.4) is 0 Å². The van der Waals surface area contributed by atoms with E-state index >= 15 is 0 Å². The normalized spacial score (nSPS) is 18.9. The number of rotatable bonds is 4. The molecule has 0 aromatic carbocycles. The van der Waals surface area contributed by atoms with Crippen molar-refractivity contribution in [1.82, 2.24) is 9.80 Å². The first-order chi connectivity index (χ1) is 8.98. The summed E-state index contributed by atoms with van der Waals surface area (Å²) in [6, 6.07) is 1.83. The monoisotopic (exact) mass is 277 g/mol. The fourth-order valence-electron chi connectivity index (χ4n) is 2.25. The summed E-state index contributed by atoms with van der Waals surface area (Å²) in [5.74, 6) is 0.812. The van der Waals surface area contributed by atoms with Crippen LogP contribution in [0.4, 0.5) is 13.2 Å². The molecule has 0 saturated carbocycles. The van der Waals surface area contributed by atoms with Gasteiger partial charge in [-0.3, -0.25) is 9.80 Å². The molecule has 0 unspecified atom stereocenters. The molecule has 2 rings (SSSR count). The first-order valence-electron chi connectivity index (χ1n) is 6.25. The third-order valence-corrected chi connectivity index (χ3v) is 3.29. The molecular formula is C12H18F3N3O. The van der Waals surface area contributed by atoms with E-state index in [0.29, 0.717) is 39.3 Å². The van der Waals surface area contributed by atoms with E-state index in [9.17, 15) is 13.2 Å². The van der Waals surface area contributed by atoms with Crippen LogP contribution in [-0.2, 0) is 13.1 Å².